The summed E-state index contributed by atoms with van der Waals surface area (Å²) < 4.78 is 27.2. The molecule has 0 saturated heterocycles. The van der Waals surface area contributed by atoms with Crippen LogP contribution in [0.2, 0.25) is 10.0 Å². The summed E-state index contributed by atoms with van der Waals surface area (Å²) in [6.07, 6.45) is 1.29. The van der Waals surface area contributed by atoms with Gasteiger partial charge in [-0.25, -0.2) is 8.42 Å². The van der Waals surface area contributed by atoms with Crippen LogP contribution in [0.3, 0.4) is 0 Å². The first-order valence-corrected chi connectivity index (χ1v) is 15.5. The number of nitrogens with one attached hydrogen (secondary N) is 1. The first-order valence-electron chi connectivity index (χ1n) is 12.9. The average molecular weight is 605 g/mol. The third-order valence-electron chi connectivity index (χ3n) is 6.43. The van der Waals surface area contributed by atoms with Gasteiger partial charge in [0.05, 0.1) is 11.9 Å². The van der Waals surface area contributed by atoms with Crippen molar-refractivity contribution in [3.63, 3.8) is 0 Å². The van der Waals surface area contributed by atoms with Gasteiger partial charge in [0.25, 0.3) is 0 Å². The van der Waals surface area contributed by atoms with E-state index >= 15 is 0 Å². The highest BCUT2D eigenvalue weighted by atomic mass is 35.5. The Morgan fingerprint density at radius 1 is 0.925 bits per heavy atom. The number of anilines is 1. The SMILES string of the molecule is Cc1cccc(C)c1N(CC(=O)N(Cc1ccc(Cl)cc1Cl)[C@@H](Cc1ccccc1)C(=O)NC(C)C)S(C)(=O)=O. The number of hydrogen-bond donors (Lipinski definition) is 1. The van der Waals surface area contributed by atoms with Crippen molar-refractivity contribution in [1.82, 2.24) is 10.2 Å². The van der Waals surface area contributed by atoms with Crippen LogP contribution in [0.5, 0.6) is 0 Å². The smallest absolute Gasteiger partial charge is 0.244 e. The molecule has 0 radical (unpaired) electrons. The highest BCUT2D eigenvalue weighted by Gasteiger charge is 2.34. The zero-order valence-corrected chi connectivity index (χ0v) is 25.6. The Hall–Kier alpha value is -3.07. The number of carbonyl (C=O) groups excluding carboxylic acids is 2. The number of nitrogens with zero attached hydrogens (tertiary/aromatic N) is 2. The predicted octanol–water partition coefficient (Wildman–Crippen LogP) is 5.54. The number of para-hydroxylation sites is 1. The van der Waals surface area contributed by atoms with Crippen molar-refractivity contribution in [2.45, 2.75) is 52.7 Å². The number of sulfonamides is 1. The van der Waals surface area contributed by atoms with Gasteiger partial charge in [-0.2, -0.15) is 0 Å². The fourth-order valence-electron chi connectivity index (χ4n) is 4.54. The highest BCUT2D eigenvalue weighted by molar-refractivity contribution is 7.92. The molecule has 1 atom stereocenters. The van der Waals surface area contributed by atoms with E-state index in [4.69, 9.17) is 23.2 Å². The van der Waals surface area contributed by atoms with E-state index < -0.39 is 28.5 Å². The Balaban J connectivity index is 2.12. The third kappa shape index (κ3) is 8.22. The largest absolute Gasteiger partial charge is 0.352 e. The van der Waals surface area contributed by atoms with Crippen LogP contribution in [0.25, 0.3) is 0 Å². The number of rotatable bonds is 11. The van der Waals surface area contributed by atoms with Gasteiger partial charge in [0.15, 0.2) is 0 Å². The summed E-state index contributed by atoms with van der Waals surface area (Å²) in [6.45, 7) is 6.76. The monoisotopic (exact) mass is 603 g/mol. The Labute approximate surface area is 247 Å². The second kappa shape index (κ2) is 13.5. The van der Waals surface area contributed by atoms with Gasteiger partial charge < -0.3 is 10.2 Å². The van der Waals surface area contributed by atoms with Crippen molar-refractivity contribution in [1.29, 1.82) is 0 Å². The topological polar surface area (TPSA) is 86.8 Å². The Bertz CT molecular complexity index is 1440. The van der Waals surface area contributed by atoms with Crippen molar-refractivity contribution in [3.05, 3.63) is 99.0 Å². The molecule has 40 heavy (non-hydrogen) atoms. The van der Waals surface area contributed by atoms with Gasteiger partial charge in [0.1, 0.15) is 12.6 Å². The minimum Gasteiger partial charge on any atom is -0.352 e. The lowest BCUT2D eigenvalue weighted by Gasteiger charge is -2.34. The van der Waals surface area contributed by atoms with E-state index in [2.05, 4.69) is 5.32 Å². The van der Waals surface area contributed by atoms with Crippen molar-refractivity contribution in [2.75, 3.05) is 17.1 Å². The molecule has 7 nitrogen and oxygen atoms in total. The number of amides is 2. The normalized spacial score (nSPS) is 12.2. The molecule has 1 N–H and O–H groups in total. The first kappa shape index (κ1) is 31.5. The summed E-state index contributed by atoms with van der Waals surface area (Å²) in [5.74, 6) is -0.894. The van der Waals surface area contributed by atoms with E-state index in [0.29, 0.717) is 32.4 Å². The van der Waals surface area contributed by atoms with E-state index in [1.165, 1.54) is 4.90 Å². The Morgan fingerprint density at radius 2 is 1.55 bits per heavy atom. The molecule has 0 bridgehead atoms. The number of hydrogen-bond acceptors (Lipinski definition) is 4. The second-order valence-electron chi connectivity index (χ2n) is 10.1. The van der Waals surface area contributed by atoms with E-state index in [0.717, 1.165) is 16.1 Å². The van der Waals surface area contributed by atoms with Crippen LogP contribution >= 0.6 is 23.2 Å². The summed E-state index contributed by atoms with van der Waals surface area (Å²) in [7, 11) is -3.86. The molecule has 0 aliphatic rings. The Kier molecular flexibility index (Phi) is 10.6. The lowest BCUT2D eigenvalue weighted by atomic mass is 10.0. The summed E-state index contributed by atoms with van der Waals surface area (Å²) in [4.78, 5) is 29.2. The van der Waals surface area contributed by atoms with Gasteiger partial charge in [0.2, 0.25) is 21.8 Å². The molecule has 0 unspecified atom stereocenters. The molecule has 0 heterocycles. The molecule has 0 aromatic heterocycles. The van der Waals surface area contributed by atoms with Gasteiger partial charge in [0, 0.05) is 29.1 Å². The molecule has 0 saturated carbocycles. The quantitative estimate of drug-likeness (QED) is 0.312. The minimum atomic E-state index is -3.86. The molecule has 0 aliphatic heterocycles. The molecule has 3 rings (SSSR count). The summed E-state index contributed by atoms with van der Waals surface area (Å²) >= 11 is 12.6. The molecule has 3 aromatic rings. The van der Waals surface area contributed by atoms with Crippen LogP contribution in [0.1, 0.15) is 36.1 Å². The molecule has 214 valence electrons. The maximum absolute atomic E-state index is 14.2. The molecule has 10 heteroatoms. The van der Waals surface area contributed by atoms with Gasteiger partial charge in [-0.1, -0.05) is 77.8 Å². The third-order valence-corrected chi connectivity index (χ3v) is 8.13. The molecule has 0 fully saturated rings. The molecule has 0 aliphatic carbocycles. The van der Waals surface area contributed by atoms with E-state index in [-0.39, 0.29) is 24.9 Å². The van der Waals surface area contributed by atoms with Crippen molar-refractivity contribution in [2.24, 2.45) is 0 Å². The molecular weight excluding hydrogens is 569 g/mol. The average Bonchev–Trinajstić information content (AvgIpc) is 2.86. The molecular formula is C30H35Cl2N3O4S. The fraction of sp³-hybridized carbons (Fsp3) is 0.333. The van der Waals surface area contributed by atoms with Gasteiger partial charge >= 0.3 is 0 Å². The summed E-state index contributed by atoms with van der Waals surface area (Å²) in [5, 5.41) is 3.69. The first-order chi connectivity index (χ1) is 18.8. The number of benzene rings is 3. The Morgan fingerprint density at radius 3 is 2.10 bits per heavy atom. The summed E-state index contributed by atoms with van der Waals surface area (Å²) in [6, 6.07) is 18.6. The van der Waals surface area contributed by atoms with Crippen molar-refractivity contribution < 1.29 is 18.0 Å². The lowest BCUT2D eigenvalue weighted by Crippen LogP contribution is -2.54. The van der Waals surface area contributed by atoms with Crippen LogP contribution in [0, 0.1) is 13.8 Å². The van der Waals surface area contributed by atoms with Gasteiger partial charge in [-0.05, 0) is 62.1 Å². The highest BCUT2D eigenvalue weighted by Crippen LogP contribution is 2.28. The van der Waals surface area contributed by atoms with E-state index in [1.54, 1.807) is 44.2 Å². The second-order valence-corrected chi connectivity index (χ2v) is 12.9. The molecule has 3 aromatic carbocycles. The maximum atomic E-state index is 14.2. The summed E-state index contributed by atoms with van der Waals surface area (Å²) in [5.41, 5.74) is 3.29. The van der Waals surface area contributed by atoms with Crippen molar-refractivity contribution >= 4 is 50.7 Å². The van der Waals surface area contributed by atoms with Crippen LogP contribution in [0.4, 0.5) is 5.69 Å². The minimum absolute atomic E-state index is 0.0256. The zero-order valence-electron chi connectivity index (χ0n) is 23.3. The molecule has 0 spiro atoms. The van der Waals surface area contributed by atoms with Crippen LogP contribution in [-0.2, 0) is 32.6 Å². The molecule has 2 amide bonds. The van der Waals surface area contributed by atoms with Crippen molar-refractivity contribution in [3.8, 4) is 0 Å². The fourth-order valence-corrected chi connectivity index (χ4v) is 5.98. The van der Waals surface area contributed by atoms with Crippen LogP contribution < -0.4 is 9.62 Å². The number of carbonyl (C=O) groups is 2. The van der Waals surface area contributed by atoms with E-state index in [1.807, 2.05) is 50.2 Å². The zero-order chi connectivity index (χ0) is 29.6. The van der Waals surface area contributed by atoms with E-state index in [9.17, 15) is 18.0 Å². The lowest BCUT2D eigenvalue weighted by molar-refractivity contribution is -0.140. The standard InChI is InChI=1S/C30H35Cl2N3O4S/c1-20(2)33-30(37)27(16-23-12-7-6-8-13-23)34(18-24-14-15-25(31)17-26(24)32)28(36)19-35(40(5,38)39)29-21(3)10-9-11-22(29)4/h6-15,17,20,27H,16,18-19H2,1-5H3,(H,33,37)/t27-/m0/s1. The maximum Gasteiger partial charge on any atom is 0.244 e. The van der Waals surface area contributed by atoms with Gasteiger partial charge in [-0.15, -0.1) is 0 Å². The number of aryl methyl sites for hydroxylation is 2. The predicted molar refractivity (Wildman–Crippen MR) is 162 cm³/mol. The van der Waals surface area contributed by atoms with Crippen LogP contribution in [0.15, 0.2) is 66.7 Å². The van der Waals surface area contributed by atoms with Gasteiger partial charge in [-0.3, -0.25) is 13.9 Å². The van der Waals surface area contributed by atoms with Crippen LogP contribution in [-0.4, -0.2) is 50.0 Å². The number of halogens is 2.